The first-order valence-corrected chi connectivity index (χ1v) is 9.96. The lowest BCUT2D eigenvalue weighted by molar-refractivity contribution is -0.123. The molecule has 0 aliphatic carbocycles. The Bertz CT molecular complexity index is 783. The molecule has 1 aromatic carbocycles. The highest BCUT2D eigenvalue weighted by Gasteiger charge is 2.32. The van der Waals surface area contributed by atoms with E-state index in [1.165, 1.54) is 6.07 Å². The third-order valence-electron chi connectivity index (χ3n) is 4.36. The Hall–Kier alpha value is -1.93. The fourth-order valence-corrected chi connectivity index (χ4v) is 4.24. The smallest absolute Gasteiger partial charge is 0.263 e. The standard InChI is InChI=1S/C17H23N3O4S/c1-11(2)15(17(21)18-10-12-6-5-9-24-12)19-16-13-7-3-4-8-14(13)25(22,23)20-16/h3-4,7-8,11-12,15H,5-6,9-10H2,1-2H3,(H,18,21)(H,19,20)/t12-,15-/m0/s1. The summed E-state index contributed by atoms with van der Waals surface area (Å²) in [6.07, 6.45) is 2.00. The van der Waals surface area contributed by atoms with Gasteiger partial charge in [0.2, 0.25) is 5.91 Å². The number of benzene rings is 1. The Morgan fingerprint density at radius 2 is 2.16 bits per heavy atom. The largest absolute Gasteiger partial charge is 0.376 e. The van der Waals surface area contributed by atoms with E-state index in [1.54, 1.807) is 18.2 Å². The van der Waals surface area contributed by atoms with Gasteiger partial charge < -0.3 is 10.1 Å². The molecule has 0 saturated carbocycles. The monoisotopic (exact) mass is 365 g/mol. The Labute approximate surface area is 147 Å². The van der Waals surface area contributed by atoms with Gasteiger partial charge in [-0.05, 0) is 30.9 Å². The number of hydrogen-bond acceptors (Lipinski definition) is 5. The number of sulfonamides is 1. The van der Waals surface area contributed by atoms with Crippen LogP contribution < -0.4 is 10.0 Å². The van der Waals surface area contributed by atoms with Gasteiger partial charge in [-0.25, -0.2) is 8.42 Å². The number of aliphatic imine (C=N–C) groups is 1. The predicted octanol–water partition coefficient (Wildman–Crippen LogP) is 1.04. The summed E-state index contributed by atoms with van der Waals surface area (Å²) in [5.74, 6) is -0.0718. The molecule has 2 heterocycles. The lowest BCUT2D eigenvalue weighted by Crippen LogP contribution is -2.41. The first-order valence-electron chi connectivity index (χ1n) is 8.48. The average molecular weight is 365 g/mol. The Morgan fingerprint density at radius 1 is 1.40 bits per heavy atom. The van der Waals surface area contributed by atoms with E-state index < -0.39 is 16.1 Å². The van der Waals surface area contributed by atoms with Crippen LogP contribution in [0.3, 0.4) is 0 Å². The molecule has 1 amide bonds. The second-order valence-corrected chi connectivity index (χ2v) is 8.30. The van der Waals surface area contributed by atoms with E-state index >= 15 is 0 Å². The maximum Gasteiger partial charge on any atom is 0.263 e. The van der Waals surface area contributed by atoms with Crippen molar-refractivity contribution in [3.05, 3.63) is 29.8 Å². The number of carbonyl (C=O) groups is 1. The van der Waals surface area contributed by atoms with Crippen molar-refractivity contribution in [3.8, 4) is 0 Å². The van der Waals surface area contributed by atoms with Crippen molar-refractivity contribution >= 4 is 21.8 Å². The molecule has 1 aromatic rings. The van der Waals surface area contributed by atoms with Crippen LogP contribution in [-0.4, -0.2) is 45.5 Å². The number of amidine groups is 1. The molecule has 8 heteroatoms. The number of rotatable bonds is 5. The van der Waals surface area contributed by atoms with E-state index in [2.05, 4.69) is 15.0 Å². The van der Waals surface area contributed by atoms with Crippen molar-refractivity contribution in [1.29, 1.82) is 0 Å². The topological polar surface area (TPSA) is 96.9 Å². The van der Waals surface area contributed by atoms with Crippen molar-refractivity contribution in [2.24, 2.45) is 10.9 Å². The van der Waals surface area contributed by atoms with Crippen LogP contribution in [0.15, 0.2) is 34.2 Å². The molecular formula is C17H23N3O4S. The lowest BCUT2D eigenvalue weighted by atomic mass is 10.0. The summed E-state index contributed by atoms with van der Waals surface area (Å²) in [6.45, 7) is 4.95. The number of hydrogen-bond donors (Lipinski definition) is 2. The number of fused-ring (bicyclic) bond motifs is 1. The van der Waals surface area contributed by atoms with Gasteiger partial charge >= 0.3 is 0 Å². The molecule has 136 valence electrons. The first kappa shape index (κ1) is 17.9. The zero-order valence-electron chi connectivity index (χ0n) is 14.4. The number of ether oxygens (including phenoxy) is 1. The summed E-state index contributed by atoms with van der Waals surface area (Å²) in [4.78, 5) is 17.2. The number of nitrogens with zero attached hydrogens (tertiary/aromatic N) is 1. The molecule has 2 aliphatic rings. The molecule has 25 heavy (non-hydrogen) atoms. The fourth-order valence-electron chi connectivity index (χ4n) is 3.00. The minimum absolute atomic E-state index is 0.0510. The summed E-state index contributed by atoms with van der Waals surface area (Å²) in [7, 11) is -3.61. The SMILES string of the molecule is CC(C)[C@H](N=C1NS(=O)(=O)c2ccccc21)C(=O)NC[C@@H]1CCCO1. The first-order chi connectivity index (χ1) is 11.9. The Kier molecular flexibility index (Phi) is 5.10. The number of carbonyl (C=O) groups excluding carboxylic acids is 1. The predicted molar refractivity (Wildman–Crippen MR) is 93.9 cm³/mol. The summed E-state index contributed by atoms with van der Waals surface area (Å²) >= 11 is 0. The van der Waals surface area contributed by atoms with Crippen LogP contribution >= 0.6 is 0 Å². The lowest BCUT2D eigenvalue weighted by Gasteiger charge is -2.18. The minimum Gasteiger partial charge on any atom is -0.376 e. The van der Waals surface area contributed by atoms with Crippen LogP contribution in [-0.2, 0) is 19.6 Å². The van der Waals surface area contributed by atoms with E-state index in [-0.39, 0.29) is 28.7 Å². The van der Waals surface area contributed by atoms with Gasteiger partial charge in [0.1, 0.15) is 11.9 Å². The third kappa shape index (κ3) is 3.85. The van der Waals surface area contributed by atoms with Gasteiger partial charge in [-0.2, -0.15) is 0 Å². The number of nitrogens with one attached hydrogen (secondary N) is 2. The zero-order chi connectivity index (χ0) is 18.0. The molecule has 1 saturated heterocycles. The Balaban J connectivity index is 1.79. The molecule has 0 radical (unpaired) electrons. The molecule has 1 fully saturated rings. The maximum absolute atomic E-state index is 12.6. The molecule has 0 unspecified atom stereocenters. The minimum atomic E-state index is -3.61. The second-order valence-electron chi connectivity index (χ2n) is 6.65. The summed E-state index contributed by atoms with van der Waals surface area (Å²) in [5, 5.41) is 2.88. The highest BCUT2D eigenvalue weighted by Crippen LogP contribution is 2.23. The van der Waals surface area contributed by atoms with Crippen LogP contribution in [0.5, 0.6) is 0 Å². The summed E-state index contributed by atoms with van der Waals surface area (Å²) < 4.78 is 32.3. The van der Waals surface area contributed by atoms with E-state index in [4.69, 9.17) is 4.74 Å². The van der Waals surface area contributed by atoms with Crippen molar-refractivity contribution in [2.45, 2.75) is 43.7 Å². The zero-order valence-corrected chi connectivity index (χ0v) is 15.2. The van der Waals surface area contributed by atoms with Gasteiger partial charge in [-0.1, -0.05) is 26.0 Å². The molecular weight excluding hydrogens is 342 g/mol. The van der Waals surface area contributed by atoms with Crippen LogP contribution in [0.4, 0.5) is 0 Å². The third-order valence-corrected chi connectivity index (χ3v) is 5.76. The van der Waals surface area contributed by atoms with Gasteiger partial charge in [-0.15, -0.1) is 0 Å². The van der Waals surface area contributed by atoms with Crippen LogP contribution in [0.1, 0.15) is 32.3 Å². The molecule has 2 atom stereocenters. The summed E-state index contributed by atoms with van der Waals surface area (Å²) in [6, 6.07) is 5.95. The molecule has 0 bridgehead atoms. The van der Waals surface area contributed by atoms with Crippen molar-refractivity contribution < 1.29 is 17.9 Å². The highest BCUT2D eigenvalue weighted by molar-refractivity contribution is 7.90. The highest BCUT2D eigenvalue weighted by atomic mass is 32.2. The van der Waals surface area contributed by atoms with Crippen LogP contribution in [0.25, 0.3) is 0 Å². The number of amides is 1. The van der Waals surface area contributed by atoms with E-state index in [1.807, 2.05) is 13.8 Å². The Morgan fingerprint density at radius 3 is 2.84 bits per heavy atom. The molecule has 2 N–H and O–H groups in total. The normalized spacial score (nSPS) is 24.1. The van der Waals surface area contributed by atoms with Crippen molar-refractivity contribution in [3.63, 3.8) is 0 Å². The van der Waals surface area contributed by atoms with Crippen molar-refractivity contribution in [2.75, 3.05) is 13.2 Å². The second kappa shape index (κ2) is 7.13. The van der Waals surface area contributed by atoms with E-state index in [0.717, 1.165) is 19.4 Å². The maximum atomic E-state index is 12.6. The van der Waals surface area contributed by atoms with Gasteiger partial charge in [-0.3, -0.25) is 14.5 Å². The van der Waals surface area contributed by atoms with Gasteiger partial charge in [0, 0.05) is 18.7 Å². The van der Waals surface area contributed by atoms with Gasteiger partial charge in [0.25, 0.3) is 10.0 Å². The van der Waals surface area contributed by atoms with Gasteiger partial charge in [0.05, 0.1) is 11.0 Å². The molecule has 0 spiro atoms. The molecule has 2 aliphatic heterocycles. The molecule has 7 nitrogen and oxygen atoms in total. The quantitative estimate of drug-likeness (QED) is 0.815. The summed E-state index contributed by atoms with van der Waals surface area (Å²) in [5.41, 5.74) is 0.500. The van der Waals surface area contributed by atoms with Crippen LogP contribution in [0.2, 0.25) is 0 Å². The van der Waals surface area contributed by atoms with E-state index in [9.17, 15) is 13.2 Å². The molecule has 0 aromatic heterocycles. The van der Waals surface area contributed by atoms with Crippen molar-refractivity contribution in [1.82, 2.24) is 10.0 Å². The molecule has 3 rings (SSSR count). The van der Waals surface area contributed by atoms with E-state index in [0.29, 0.717) is 12.1 Å². The van der Waals surface area contributed by atoms with Gasteiger partial charge in [0.15, 0.2) is 0 Å². The fraction of sp³-hybridized carbons (Fsp3) is 0.529. The van der Waals surface area contributed by atoms with Crippen LogP contribution in [0, 0.1) is 5.92 Å². The average Bonchev–Trinajstić information content (AvgIpc) is 3.17.